The minimum absolute atomic E-state index is 0.177. The highest BCUT2D eigenvalue weighted by Gasteiger charge is 2.28. The number of methoxy groups -OCH3 is 1. The third kappa shape index (κ3) is 3.32. The molecule has 4 heteroatoms. The van der Waals surface area contributed by atoms with E-state index in [1.165, 1.54) is 0 Å². The molecule has 0 amide bonds. The first-order chi connectivity index (χ1) is 6.26. The fourth-order valence-electron chi connectivity index (χ4n) is 1.36. The van der Waals surface area contributed by atoms with Crippen LogP contribution in [0.3, 0.4) is 0 Å². The number of hydrogen-bond donors (Lipinski definition) is 1. The van der Waals surface area contributed by atoms with E-state index in [4.69, 9.17) is 9.47 Å². The maximum Gasteiger partial charge on any atom is 0.319 e. The average Bonchev–Trinajstić information content (AvgIpc) is 2.02. The molecule has 0 aromatic heterocycles. The minimum atomic E-state index is -0.177. The number of nitrogens with one attached hydrogen (secondary N) is 1. The quantitative estimate of drug-likeness (QED) is 0.629. The third-order valence-electron chi connectivity index (χ3n) is 2.27. The highest BCUT2D eigenvalue weighted by molar-refractivity contribution is 5.71. The molecule has 0 aromatic carbocycles. The topological polar surface area (TPSA) is 47.6 Å². The van der Waals surface area contributed by atoms with Crippen LogP contribution >= 0.6 is 0 Å². The van der Waals surface area contributed by atoms with E-state index in [9.17, 15) is 4.79 Å². The largest absolute Gasteiger partial charge is 0.465 e. The molecule has 1 aliphatic rings. The molecule has 1 saturated carbocycles. The van der Waals surface area contributed by atoms with Crippen molar-refractivity contribution < 1.29 is 14.3 Å². The Morgan fingerprint density at radius 3 is 2.77 bits per heavy atom. The van der Waals surface area contributed by atoms with Gasteiger partial charge in [-0.25, -0.2) is 0 Å². The van der Waals surface area contributed by atoms with Crippen molar-refractivity contribution in [1.82, 2.24) is 5.32 Å². The van der Waals surface area contributed by atoms with Crippen LogP contribution in [0.25, 0.3) is 0 Å². The van der Waals surface area contributed by atoms with E-state index >= 15 is 0 Å². The Bertz CT molecular complexity index is 166. The summed E-state index contributed by atoms with van der Waals surface area (Å²) >= 11 is 0. The van der Waals surface area contributed by atoms with Crippen LogP contribution in [-0.2, 0) is 14.3 Å². The number of hydrogen-bond acceptors (Lipinski definition) is 4. The fourth-order valence-corrected chi connectivity index (χ4v) is 1.36. The Hall–Kier alpha value is -0.610. The van der Waals surface area contributed by atoms with Gasteiger partial charge in [-0.2, -0.15) is 0 Å². The summed E-state index contributed by atoms with van der Waals surface area (Å²) in [6, 6.07) is 0.425. The minimum Gasteiger partial charge on any atom is -0.465 e. The van der Waals surface area contributed by atoms with E-state index in [0.29, 0.717) is 25.3 Å². The second-order valence-electron chi connectivity index (χ2n) is 3.21. The Balaban J connectivity index is 1.98. The molecule has 0 heterocycles. The molecule has 76 valence electrons. The van der Waals surface area contributed by atoms with Crippen molar-refractivity contribution >= 4 is 5.97 Å². The monoisotopic (exact) mass is 187 g/mol. The molecule has 0 radical (unpaired) electrons. The summed E-state index contributed by atoms with van der Waals surface area (Å²) in [5.74, 6) is -0.177. The summed E-state index contributed by atoms with van der Waals surface area (Å²) in [6.45, 7) is 2.57. The first kappa shape index (κ1) is 10.5. The van der Waals surface area contributed by atoms with E-state index in [-0.39, 0.29) is 5.97 Å². The van der Waals surface area contributed by atoms with Crippen LogP contribution in [0.4, 0.5) is 0 Å². The molecule has 1 rings (SSSR count). The van der Waals surface area contributed by atoms with Gasteiger partial charge in [0.25, 0.3) is 0 Å². The summed E-state index contributed by atoms with van der Waals surface area (Å²) in [4.78, 5) is 10.9. The summed E-state index contributed by atoms with van der Waals surface area (Å²) in [7, 11) is 1.71. The highest BCUT2D eigenvalue weighted by Crippen LogP contribution is 2.21. The van der Waals surface area contributed by atoms with Gasteiger partial charge in [-0.1, -0.05) is 0 Å². The Morgan fingerprint density at radius 2 is 2.23 bits per heavy atom. The van der Waals surface area contributed by atoms with Crippen molar-refractivity contribution in [1.29, 1.82) is 0 Å². The molecular weight excluding hydrogens is 170 g/mol. The normalized spacial score (nSPS) is 26.6. The second kappa shape index (κ2) is 5.19. The number of carbonyl (C=O) groups excluding carboxylic acids is 1. The van der Waals surface area contributed by atoms with Gasteiger partial charge >= 0.3 is 5.97 Å². The number of ether oxygens (including phenoxy) is 2. The van der Waals surface area contributed by atoms with Crippen molar-refractivity contribution in [3.05, 3.63) is 0 Å². The van der Waals surface area contributed by atoms with Crippen LogP contribution in [0.15, 0.2) is 0 Å². The number of esters is 1. The lowest BCUT2D eigenvalue weighted by Gasteiger charge is -2.34. The first-order valence-electron chi connectivity index (χ1n) is 4.68. The van der Waals surface area contributed by atoms with Crippen molar-refractivity contribution in [2.75, 3.05) is 20.3 Å². The lowest BCUT2D eigenvalue weighted by atomic mass is 9.89. The van der Waals surface area contributed by atoms with Crippen molar-refractivity contribution in [3.8, 4) is 0 Å². The van der Waals surface area contributed by atoms with E-state index < -0.39 is 0 Å². The first-order valence-corrected chi connectivity index (χ1v) is 4.68. The van der Waals surface area contributed by atoms with Gasteiger partial charge in [0.15, 0.2) is 0 Å². The summed E-state index contributed by atoms with van der Waals surface area (Å²) in [5, 5.41) is 3.11. The summed E-state index contributed by atoms with van der Waals surface area (Å²) in [6.07, 6.45) is 2.37. The SMILES string of the molecule is CCOC(=O)CNC1CC(OC)C1. The predicted molar refractivity (Wildman–Crippen MR) is 48.5 cm³/mol. The zero-order valence-electron chi connectivity index (χ0n) is 8.21. The average molecular weight is 187 g/mol. The van der Waals surface area contributed by atoms with E-state index in [0.717, 1.165) is 12.8 Å². The molecule has 0 unspecified atom stereocenters. The molecule has 0 saturated heterocycles. The van der Waals surface area contributed by atoms with Gasteiger partial charge in [-0.05, 0) is 19.8 Å². The molecule has 1 N–H and O–H groups in total. The molecule has 0 bridgehead atoms. The molecule has 4 nitrogen and oxygen atoms in total. The summed E-state index contributed by atoms with van der Waals surface area (Å²) < 4.78 is 9.90. The number of carbonyl (C=O) groups is 1. The van der Waals surface area contributed by atoms with Crippen molar-refractivity contribution in [2.24, 2.45) is 0 Å². The lowest BCUT2D eigenvalue weighted by molar-refractivity contribution is -0.142. The Kier molecular flexibility index (Phi) is 4.18. The van der Waals surface area contributed by atoms with Crippen molar-refractivity contribution in [2.45, 2.75) is 31.9 Å². The van der Waals surface area contributed by atoms with Crippen LogP contribution < -0.4 is 5.32 Å². The summed E-state index contributed by atoms with van der Waals surface area (Å²) in [5.41, 5.74) is 0. The van der Waals surface area contributed by atoms with E-state index in [2.05, 4.69) is 5.32 Å². The molecular formula is C9H17NO3. The van der Waals surface area contributed by atoms with Crippen LogP contribution in [0.5, 0.6) is 0 Å². The van der Waals surface area contributed by atoms with Crippen LogP contribution in [0.2, 0.25) is 0 Å². The van der Waals surface area contributed by atoms with Crippen LogP contribution in [0.1, 0.15) is 19.8 Å². The standard InChI is InChI=1S/C9H17NO3/c1-3-13-9(11)6-10-7-4-8(5-7)12-2/h7-8,10H,3-6H2,1-2H3. The molecule has 0 aliphatic heterocycles. The van der Waals surface area contributed by atoms with Gasteiger partial charge in [0.1, 0.15) is 0 Å². The molecule has 0 aromatic rings. The van der Waals surface area contributed by atoms with Gasteiger partial charge in [-0.3, -0.25) is 4.79 Å². The van der Waals surface area contributed by atoms with Gasteiger partial charge in [0, 0.05) is 13.2 Å². The molecule has 0 spiro atoms. The smallest absolute Gasteiger partial charge is 0.319 e. The zero-order chi connectivity index (χ0) is 9.68. The lowest BCUT2D eigenvalue weighted by Crippen LogP contribution is -2.46. The fraction of sp³-hybridized carbons (Fsp3) is 0.889. The highest BCUT2D eigenvalue weighted by atomic mass is 16.5. The number of rotatable bonds is 5. The van der Waals surface area contributed by atoms with Gasteiger partial charge < -0.3 is 14.8 Å². The van der Waals surface area contributed by atoms with Gasteiger partial charge in [0.05, 0.1) is 19.3 Å². The Labute approximate surface area is 78.6 Å². The maximum atomic E-state index is 10.9. The maximum absolute atomic E-state index is 10.9. The van der Waals surface area contributed by atoms with Crippen molar-refractivity contribution in [3.63, 3.8) is 0 Å². The molecule has 0 atom stereocenters. The zero-order valence-corrected chi connectivity index (χ0v) is 8.21. The van der Waals surface area contributed by atoms with Crippen LogP contribution in [0, 0.1) is 0 Å². The Morgan fingerprint density at radius 1 is 1.54 bits per heavy atom. The predicted octanol–water partition coefficient (Wildman–Crippen LogP) is 0.317. The second-order valence-corrected chi connectivity index (χ2v) is 3.21. The van der Waals surface area contributed by atoms with E-state index in [1.54, 1.807) is 7.11 Å². The molecule has 1 aliphatic carbocycles. The van der Waals surface area contributed by atoms with Gasteiger partial charge in [0.2, 0.25) is 0 Å². The third-order valence-corrected chi connectivity index (χ3v) is 2.27. The molecule has 13 heavy (non-hydrogen) atoms. The van der Waals surface area contributed by atoms with Crippen LogP contribution in [-0.4, -0.2) is 38.4 Å². The molecule has 1 fully saturated rings. The van der Waals surface area contributed by atoms with Gasteiger partial charge in [-0.15, -0.1) is 0 Å². The van der Waals surface area contributed by atoms with E-state index in [1.807, 2.05) is 6.92 Å².